The van der Waals surface area contributed by atoms with Gasteiger partial charge in [-0.3, -0.25) is 9.69 Å². The van der Waals surface area contributed by atoms with Gasteiger partial charge >= 0.3 is 5.97 Å². The second-order valence-electron chi connectivity index (χ2n) is 2.69. The van der Waals surface area contributed by atoms with E-state index in [0.29, 0.717) is 6.42 Å². The summed E-state index contributed by atoms with van der Waals surface area (Å²) in [5, 5.41) is 7.96. The number of likely N-dealkylation sites (tertiary alicyclic amines) is 1. The summed E-state index contributed by atoms with van der Waals surface area (Å²) in [4.78, 5) is 12.5. The van der Waals surface area contributed by atoms with Gasteiger partial charge in [0.1, 0.15) is 5.16 Å². The molecular formula is C6H10NO2Si. The zero-order chi connectivity index (χ0) is 7.78. The quantitative estimate of drug-likeness (QED) is 0.528. The van der Waals surface area contributed by atoms with E-state index in [2.05, 4.69) is 10.2 Å². The summed E-state index contributed by atoms with van der Waals surface area (Å²) in [6.45, 7) is 0.857. The van der Waals surface area contributed by atoms with Gasteiger partial charge in [-0.25, -0.2) is 0 Å². The van der Waals surface area contributed by atoms with E-state index in [1.807, 2.05) is 11.9 Å². The molecule has 55 valence electrons. The molecule has 1 heterocycles. The minimum atomic E-state index is -0.792. The molecule has 1 aliphatic rings. The molecule has 0 spiro atoms. The van der Waals surface area contributed by atoms with Crippen LogP contribution in [0.1, 0.15) is 12.8 Å². The zero-order valence-corrected chi connectivity index (χ0v) is 6.92. The van der Waals surface area contributed by atoms with Crippen LogP contribution in [0.25, 0.3) is 0 Å². The maximum absolute atomic E-state index is 10.6. The van der Waals surface area contributed by atoms with Crippen molar-refractivity contribution in [3.63, 3.8) is 0 Å². The Kier molecular flexibility index (Phi) is 1.83. The zero-order valence-electron chi connectivity index (χ0n) is 5.92. The number of aliphatic carboxylic acids is 1. The summed E-state index contributed by atoms with van der Waals surface area (Å²) < 4.78 is 0. The summed E-state index contributed by atoms with van der Waals surface area (Å²) in [7, 11) is 5.07. The van der Waals surface area contributed by atoms with Gasteiger partial charge in [0.2, 0.25) is 0 Å². The third kappa shape index (κ3) is 0.972. The number of hydrogen-bond donors (Lipinski definition) is 1. The number of carbonyl (C=O) groups is 1. The fourth-order valence-electron chi connectivity index (χ4n) is 1.22. The van der Waals surface area contributed by atoms with Crippen LogP contribution in [0.3, 0.4) is 0 Å². The predicted octanol–water partition coefficient (Wildman–Crippen LogP) is -0.339. The third-order valence-electron chi connectivity index (χ3n) is 2.04. The maximum Gasteiger partial charge on any atom is 0.319 e. The number of hydrogen-bond acceptors (Lipinski definition) is 2. The smallest absolute Gasteiger partial charge is 0.319 e. The molecule has 0 amide bonds. The van der Waals surface area contributed by atoms with Gasteiger partial charge in [0.05, 0.1) is 10.2 Å². The van der Waals surface area contributed by atoms with E-state index in [1.54, 1.807) is 0 Å². The molecule has 4 heteroatoms. The summed E-state index contributed by atoms with van der Waals surface area (Å²) in [6, 6.07) is 0. The SMILES string of the molecule is CN1CCC[C@@]1([Si])C(=O)O. The maximum atomic E-state index is 10.6. The second kappa shape index (κ2) is 2.36. The summed E-state index contributed by atoms with van der Waals surface area (Å²) >= 11 is 0. The Balaban J connectivity index is 2.75. The largest absolute Gasteiger partial charge is 0.480 e. The molecule has 10 heavy (non-hydrogen) atoms. The molecule has 1 atom stereocenters. The van der Waals surface area contributed by atoms with Crippen LogP contribution in [0.4, 0.5) is 0 Å². The Labute approximate surface area is 63.4 Å². The Morgan fingerprint density at radius 1 is 1.80 bits per heavy atom. The van der Waals surface area contributed by atoms with Crippen LogP contribution in [0, 0.1) is 0 Å². The molecule has 3 radical (unpaired) electrons. The van der Waals surface area contributed by atoms with Crippen molar-refractivity contribution in [3.8, 4) is 0 Å². The van der Waals surface area contributed by atoms with Gasteiger partial charge in [0.15, 0.2) is 0 Å². The van der Waals surface area contributed by atoms with Crippen molar-refractivity contribution in [1.29, 1.82) is 0 Å². The van der Waals surface area contributed by atoms with Gasteiger partial charge < -0.3 is 5.11 Å². The normalized spacial score (nSPS) is 34.6. The monoisotopic (exact) mass is 156 g/mol. The lowest BCUT2D eigenvalue weighted by Crippen LogP contribution is -2.48. The lowest BCUT2D eigenvalue weighted by molar-refractivity contribution is -0.144. The van der Waals surface area contributed by atoms with Crippen LogP contribution in [0.2, 0.25) is 0 Å². The van der Waals surface area contributed by atoms with Crippen LogP contribution < -0.4 is 0 Å². The number of rotatable bonds is 1. The number of carboxylic acid groups (broad SMARTS) is 1. The highest BCUT2D eigenvalue weighted by molar-refractivity contribution is 6.27. The Morgan fingerprint density at radius 3 is 2.60 bits per heavy atom. The minimum Gasteiger partial charge on any atom is -0.480 e. The van der Waals surface area contributed by atoms with Gasteiger partial charge in [-0.15, -0.1) is 0 Å². The molecule has 0 aromatic rings. The van der Waals surface area contributed by atoms with Crippen LogP contribution >= 0.6 is 0 Å². The van der Waals surface area contributed by atoms with Gasteiger partial charge in [-0.05, 0) is 26.4 Å². The molecule has 0 aromatic carbocycles. The van der Waals surface area contributed by atoms with Crippen molar-refractivity contribution in [2.45, 2.75) is 18.0 Å². The summed E-state index contributed by atoms with van der Waals surface area (Å²) in [6.07, 6.45) is 1.64. The highest BCUT2D eigenvalue weighted by Crippen LogP contribution is 2.24. The minimum absolute atomic E-state index is 0.690. The molecule has 1 fully saturated rings. The summed E-state index contributed by atoms with van der Waals surface area (Å²) in [5.74, 6) is -0.788. The molecule has 0 aliphatic carbocycles. The van der Waals surface area contributed by atoms with Crippen molar-refractivity contribution in [2.24, 2.45) is 0 Å². The molecule has 1 saturated heterocycles. The topological polar surface area (TPSA) is 40.5 Å². The van der Waals surface area contributed by atoms with Crippen molar-refractivity contribution in [3.05, 3.63) is 0 Å². The van der Waals surface area contributed by atoms with E-state index < -0.39 is 11.1 Å². The van der Waals surface area contributed by atoms with Crippen molar-refractivity contribution in [1.82, 2.24) is 4.90 Å². The highest BCUT2D eigenvalue weighted by Gasteiger charge is 2.40. The number of nitrogens with zero attached hydrogens (tertiary/aromatic N) is 1. The first-order valence-corrected chi connectivity index (χ1v) is 3.77. The van der Waals surface area contributed by atoms with Crippen molar-refractivity contribution in [2.75, 3.05) is 13.6 Å². The molecule has 0 aromatic heterocycles. The molecule has 0 bridgehead atoms. The van der Waals surface area contributed by atoms with Crippen LogP contribution in [0.15, 0.2) is 0 Å². The molecule has 0 saturated carbocycles. The first kappa shape index (κ1) is 7.75. The van der Waals surface area contributed by atoms with E-state index in [0.717, 1.165) is 13.0 Å². The van der Waals surface area contributed by atoms with E-state index in [-0.39, 0.29) is 0 Å². The van der Waals surface area contributed by atoms with Gasteiger partial charge in [0.25, 0.3) is 0 Å². The van der Waals surface area contributed by atoms with Crippen LogP contribution in [-0.2, 0) is 4.79 Å². The molecule has 1 aliphatic heterocycles. The second-order valence-corrected chi connectivity index (χ2v) is 3.52. The first-order valence-electron chi connectivity index (χ1n) is 3.27. The fraction of sp³-hybridized carbons (Fsp3) is 0.833. The highest BCUT2D eigenvalue weighted by atomic mass is 28.1. The molecular weight excluding hydrogens is 146 g/mol. The van der Waals surface area contributed by atoms with E-state index in [9.17, 15) is 4.79 Å². The summed E-state index contributed by atoms with van der Waals surface area (Å²) in [5.41, 5.74) is 0. The predicted molar refractivity (Wildman–Crippen MR) is 38.0 cm³/mol. The molecule has 1 rings (SSSR count). The lowest BCUT2D eigenvalue weighted by atomic mass is 10.2. The first-order chi connectivity index (χ1) is 4.57. The van der Waals surface area contributed by atoms with Gasteiger partial charge in [-0.1, -0.05) is 0 Å². The van der Waals surface area contributed by atoms with E-state index in [1.165, 1.54) is 0 Å². The third-order valence-corrected chi connectivity index (χ3v) is 2.88. The van der Waals surface area contributed by atoms with Gasteiger partial charge in [-0.2, -0.15) is 0 Å². The van der Waals surface area contributed by atoms with E-state index >= 15 is 0 Å². The van der Waals surface area contributed by atoms with E-state index in [4.69, 9.17) is 5.11 Å². The van der Waals surface area contributed by atoms with Crippen LogP contribution in [-0.4, -0.2) is 45.0 Å². The molecule has 3 nitrogen and oxygen atoms in total. The average Bonchev–Trinajstić information content (AvgIpc) is 2.15. The average molecular weight is 156 g/mol. The molecule has 1 N–H and O–H groups in total. The Hall–Kier alpha value is -0.353. The van der Waals surface area contributed by atoms with Crippen LogP contribution in [0.5, 0.6) is 0 Å². The fourth-order valence-corrected chi connectivity index (χ4v) is 1.51. The Morgan fingerprint density at radius 2 is 2.40 bits per heavy atom. The molecule has 0 unspecified atom stereocenters. The number of likely N-dealkylation sites (N-methyl/N-ethyl adjacent to an activating group) is 1. The lowest BCUT2D eigenvalue weighted by Gasteiger charge is -2.26. The van der Waals surface area contributed by atoms with Crippen molar-refractivity contribution >= 4 is 16.2 Å². The number of carboxylic acids is 1. The van der Waals surface area contributed by atoms with Gasteiger partial charge in [0, 0.05) is 0 Å². The van der Waals surface area contributed by atoms with Crippen molar-refractivity contribution < 1.29 is 9.90 Å². The standard InChI is InChI=1S/C6H10NO2Si/c1-7-4-2-3-6(7,10)5(8)9/h2-4H2,1H3,(H,8,9)/t6-/m1/s1. The Bertz CT molecular complexity index is 162.